The summed E-state index contributed by atoms with van der Waals surface area (Å²) in [6, 6.07) is 0. The molecule has 1 atom stereocenters. The van der Waals surface area contributed by atoms with Gasteiger partial charge in [-0.1, -0.05) is 13.8 Å². The van der Waals surface area contributed by atoms with E-state index in [9.17, 15) is 21.6 Å². The maximum atomic E-state index is 12.0. The van der Waals surface area contributed by atoms with Gasteiger partial charge < -0.3 is 0 Å². The van der Waals surface area contributed by atoms with Crippen molar-refractivity contribution in [2.24, 2.45) is 11.1 Å². The molecule has 0 aliphatic carbocycles. The molecular weight excluding hydrogens is 195 g/mol. The summed E-state index contributed by atoms with van der Waals surface area (Å²) in [4.78, 5) is 0. The standard InChI is InChI=1S/C5H10F3NO2S/c1-3(2)4(5(6,7)8)12(9,10)11/h3-4H,1-2H3,(H2,9,10,11). The molecule has 74 valence electrons. The number of hydrogen-bond acceptors (Lipinski definition) is 2. The first-order valence-corrected chi connectivity index (χ1v) is 4.76. The maximum absolute atomic E-state index is 12.0. The minimum absolute atomic E-state index is 1.07. The number of hydrogen-bond donors (Lipinski definition) is 1. The lowest BCUT2D eigenvalue weighted by Gasteiger charge is -2.20. The van der Waals surface area contributed by atoms with Crippen LogP contribution >= 0.6 is 0 Å². The Hall–Kier alpha value is -0.300. The second-order valence-corrected chi connectivity index (χ2v) is 4.48. The number of alkyl halides is 3. The zero-order valence-corrected chi connectivity index (χ0v) is 7.41. The molecule has 12 heavy (non-hydrogen) atoms. The predicted molar refractivity (Wildman–Crippen MR) is 37.8 cm³/mol. The Labute approximate surface area is 68.8 Å². The molecule has 0 fully saturated rings. The molecule has 0 spiro atoms. The highest BCUT2D eigenvalue weighted by atomic mass is 32.2. The van der Waals surface area contributed by atoms with Crippen molar-refractivity contribution in [3.63, 3.8) is 0 Å². The van der Waals surface area contributed by atoms with E-state index in [-0.39, 0.29) is 0 Å². The van der Waals surface area contributed by atoms with E-state index in [4.69, 9.17) is 0 Å². The molecule has 0 aromatic rings. The van der Waals surface area contributed by atoms with E-state index < -0.39 is 27.4 Å². The Kier molecular flexibility index (Phi) is 3.13. The fourth-order valence-corrected chi connectivity index (χ4v) is 2.07. The van der Waals surface area contributed by atoms with Gasteiger partial charge in [-0.2, -0.15) is 13.2 Å². The third-order valence-electron chi connectivity index (χ3n) is 1.28. The largest absolute Gasteiger partial charge is 0.407 e. The number of primary sulfonamides is 1. The number of nitrogens with two attached hydrogens (primary N) is 1. The molecule has 0 saturated heterocycles. The summed E-state index contributed by atoms with van der Waals surface area (Å²) in [6.07, 6.45) is -4.79. The molecule has 3 nitrogen and oxygen atoms in total. The molecule has 0 radical (unpaired) electrons. The molecule has 0 aromatic carbocycles. The van der Waals surface area contributed by atoms with E-state index in [1.54, 1.807) is 0 Å². The topological polar surface area (TPSA) is 60.2 Å². The molecule has 0 bridgehead atoms. The van der Waals surface area contributed by atoms with Gasteiger partial charge in [0, 0.05) is 0 Å². The van der Waals surface area contributed by atoms with Crippen LogP contribution in [-0.4, -0.2) is 19.8 Å². The predicted octanol–water partition coefficient (Wildman–Crippen LogP) is 0.862. The van der Waals surface area contributed by atoms with Crippen LogP contribution in [0.1, 0.15) is 13.8 Å². The van der Waals surface area contributed by atoms with Crippen LogP contribution in [-0.2, 0) is 10.0 Å². The Morgan fingerprint density at radius 1 is 1.25 bits per heavy atom. The Balaban J connectivity index is 4.97. The molecule has 0 aliphatic rings. The van der Waals surface area contributed by atoms with E-state index in [1.165, 1.54) is 0 Å². The lowest BCUT2D eigenvalue weighted by atomic mass is 10.1. The van der Waals surface area contributed by atoms with E-state index >= 15 is 0 Å². The summed E-state index contributed by atoms with van der Waals surface area (Å²) in [5.74, 6) is -1.07. The third kappa shape index (κ3) is 2.98. The lowest BCUT2D eigenvalue weighted by Crippen LogP contribution is -2.44. The van der Waals surface area contributed by atoms with Crippen molar-refractivity contribution >= 4 is 10.0 Å². The van der Waals surface area contributed by atoms with Gasteiger partial charge >= 0.3 is 6.18 Å². The molecule has 0 aromatic heterocycles. The molecule has 0 aliphatic heterocycles. The molecule has 0 heterocycles. The van der Waals surface area contributed by atoms with Crippen LogP contribution in [0.15, 0.2) is 0 Å². The van der Waals surface area contributed by atoms with E-state index in [0.29, 0.717) is 0 Å². The normalized spacial score (nSPS) is 16.6. The van der Waals surface area contributed by atoms with Crippen LogP contribution in [0.25, 0.3) is 0 Å². The van der Waals surface area contributed by atoms with Gasteiger partial charge in [0.1, 0.15) is 0 Å². The molecular formula is C5H10F3NO2S. The minimum Gasteiger partial charge on any atom is -0.228 e. The van der Waals surface area contributed by atoms with E-state index in [1.807, 2.05) is 0 Å². The highest BCUT2D eigenvalue weighted by Crippen LogP contribution is 2.29. The maximum Gasteiger partial charge on any atom is 0.407 e. The van der Waals surface area contributed by atoms with Gasteiger partial charge in [0.05, 0.1) is 0 Å². The highest BCUT2D eigenvalue weighted by Gasteiger charge is 2.48. The minimum atomic E-state index is -4.79. The first-order chi connectivity index (χ1) is 5.07. The monoisotopic (exact) mass is 205 g/mol. The Morgan fingerprint density at radius 3 is 1.58 bits per heavy atom. The van der Waals surface area contributed by atoms with Gasteiger partial charge in [0.2, 0.25) is 10.0 Å². The van der Waals surface area contributed by atoms with Gasteiger partial charge in [-0.3, -0.25) is 0 Å². The fourth-order valence-electron chi connectivity index (χ4n) is 0.944. The van der Waals surface area contributed by atoms with Gasteiger partial charge in [0.25, 0.3) is 0 Å². The SMILES string of the molecule is CC(C)C(C(F)(F)F)S(N)(=O)=O. The van der Waals surface area contributed by atoms with Gasteiger partial charge in [-0.25, -0.2) is 13.6 Å². The molecule has 7 heteroatoms. The summed E-state index contributed by atoms with van der Waals surface area (Å²) in [7, 11) is -4.55. The molecule has 2 N–H and O–H groups in total. The zero-order valence-electron chi connectivity index (χ0n) is 6.59. The zero-order chi connectivity index (χ0) is 10.2. The third-order valence-corrected chi connectivity index (χ3v) is 2.80. The summed E-state index contributed by atoms with van der Waals surface area (Å²) < 4.78 is 57.0. The smallest absolute Gasteiger partial charge is 0.228 e. The van der Waals surface area contributed by atoms with Gasteiger partial charge in [-0.15, -0.1) is 0 Å². The fraction of sp³-hybridized carbons (Fsp3) is 1.00. The van der Waals surface area contributed by atoms with Crippen molar-refractivity contribution in [2.45, 2.75) is 25.3 Å². The summed E-state index contributed by atoms with van der Waals surface area (Å²) >= 11 is 0. The number of rotatable bonds is 2. The highest BCUT2D eigenvalue weighted by molar-refractivity contribution is 7.89. The van der Waals surface area contributed by atoms with Crippen LogP contribution in [0.3, 0.4) is 0 Å². The number of sulfonamides is 1. The van der Waals surface area contributed by atoms with Crippen molar-refractivity contribution < 1.29 is 21.6 Å². The lowest BCUT2D eigenvalue weighted by molar-refractivity contribution is -0.137. The van der Waals surface area contributed by atoms with Crippen LogP contribution < -0.4 is 5.14 Å². The second-order valence-electron chi connectivity index (χ2n) is 2.80. The van der Waals surface area contributed by atoms with Crippen LogP contribution in [0.5, 0.6) is 0 Å². The summed E-state index contributed by atoms with van der Waals surface area (Å²) in [6.45, 7) is 2.31. The van der Waals surface area contributed by atoms with Crippen molar-refractivity contribution in [3.05, 3.63) is 0 Å². The van der Waals surface area contributed by atoms with Crippen molar-refractivity contribution in [1.82, 2.24) is 0 Å². The van der Waals surface area contributed by atoms with Crippen molar-refractivity contribution in [2.75, 3.05) is 0 Å². The van der Waals surface area contributed by atoms with Gasteiger partial charge in [0.15, 0.2) is 5.25 Å². The van der Waals surface area contributed by atoms with E-state index in [0.717, 1.165) is 13.8 Å². The van der Waals surface area contributed by atoms with Crippen molar-refractivity contribution in [3.8, 4) is 0 Å². The van der Waals surface area contributed by atoms with Crippen molar-refractivity contribution in [1.29, 1.82) is 0 Å². The molecule has 0 amide bonds. The Morgan fingerprint density at radius 2 is 1.58 bits per heavy atom. The van der Waals surface area contributed by atoms with E-state index in [2.05, 4.69) is 5.14 Å². The summed E-state index contributed by atoms with van der Waals surface area (Å²) in [5.41, 5.74) is 0. The first-order valence-electron chi connectivity index (χ1n) is 3.15. The second kappa shape index (κ2) is 3.21. The Bertz CT molecular complexity index is 244. The molecule has 1 unspecified atom stereocenters. The average molecular weight is 205 g/mol. The molecule has 0 rings (SSSR count). The van der Waals surface area contributed by atoms with Gasteiger partial charge in [-0.05, 0) is 5.92 Å². The summed E-state index contributed by atoms with van der Waals surface area (Å²) in [5, 5.41) is 1.95. The van der Waals surface area contributed by atoms with Crippen LogP contribution in [0.2, 0.25) is 0 Å². The quantitative estimate of drug-likeness (QED) is 0.726. The number of halogens is 3. The van der Waals surface area contributed by atoms with Crippen LogP contribution in [0.4, 0.5) is 13.2 Å². The first kappa shape index (κ1) is 11.7. The molecule has 0 saturated carbocycles. The average Bonchev–Trinajstić information content (AvgIpc) is 1.49. The van der Waals surface area contributed by atoms with Crippen LogP contribution in [0, 0.1) is 5.92 Å².